The van der Waals surface area contributed by atoms with Gasteiger partial charge in [0.25, 0.3) is 5.91 Å². The highest BCUT2D eigenvalue weighted by Crippen LogP contribution is 2.23. The van der Waals surface area contributed by atoms with Crippen LogP contribution in [0.4, 0.5) is 5.69 Å². The zero-order chi connectivity index (χ0) is 15.2. The van der Waals surface area contributed by atoms with Gasteiger partial charge in [-0.3, -0.25) is 9.78 Å². The molecule has 0 atom stereocenters. The van der Waals surface area contributed by atoms with Crippen LogP contribution in [0, 0.1) is 6.92 Å². The van der Waals surface area contributed by atoms with Gasteiger partial charge in [0.2, 0.25) is 0 Å². The number of carbonyl (C=O) groups excluding carboxylic acids is 1. The molecule has 2 rings (SSSR count). The Bertz CT molecular complexity index is 597. The van der Waals surface area contributed by atoms with Crippen LogP contribution in [0.2, 0.25) is 5.02 Å². The van der Waals surface area contributed by atoms with E-state index in [4.69, 9.17) is 16.3 Å². The van der Waals surface area contributed by atoms with E-state index in [1.165, 1.54) is 0 Å². The molecule has 110 valence electrons. The summed E-state index contributed by atoms with van der Waals surface area (Å²) in [5, 5.41) is 0.603. The lowest BCUT2D eigenvalue weighted by Crippen LogP contribution is -2.34. The number of halogens is 1. The number of anilines is 1. The summed E-state index contributed by atoms with van der Waals surface area (Å²) in [7, 11) is 1.61. The molecular weight excluding hydrogens is 288 g/mol. The first-order valence-corrected chi connectivity index (χ1v) is 6.97. The predicted octanol–water partition coefficient (Wildman–Crippen LogP) is 3.34. The van der Waals surface area contributed by atoms with Crippen molar-refractivity contribution >= 4 is 23.2 Å². The first-order valence-electron chi connectivity index (χ1n) is 6.60. The molecule has 0 aliphatic heterocycles. The minimum atomic E-state index is -0.123. The number of benzene rings is 1. The average molecular weight is 305 g/mol. The lowest BCUT2D eigenvalue weighted by molar-refractivity contribution is 0.0975. The molecule has 2 aromatic rings. The van der Waals surface area contributed by atoms with Gasteiger partial charge in [0.1, 0.15) is 0 Å². The summed E-state index contributed by atoms with van der Waals surface area (Å²) in [5.74, 6) is -0.123. The summed E-state index contributed by atoms with van der Waals surface area (Å²) < 4.78 is 5.10. The van der Waals surface area contributed by atoms with Crippen LogP contribution in [0.5, 0.6) is 0 Å². The van der Waals surface area contributed by atoms with E-state index in [9.17, 15) is 4.79 Å². The highest BCUT2D eigenvalue weighted by molar-refractivity contribution is 6.31. The summed E-state index contributed by atoms with van der Waals surface area (Å²) in [6.45, 7) is 2.83. The largest absolute Gasteiger partial charge is 0.383 e. The molecule has 1 aromatic carbocycles. The fourth-order valence-electron chi connectivity index (χ4n) is 2.05. The smallest absolute Gasteiger partial charge is 0.259 e. The molecule has 0 radical (unpaired) electrons. The molecule has 0 unspecified atom stereocenters. The van der Waals surface area contributed by atoms with Crippen LogP contribution in [-0.2, 0) is 4.74 Å². The van der Waals surface area contributed by atoms with Crippen molar-refractivity contribution in [1.29, 1.82) is 0 Å². The zero-order valence-electron chi connectivity index (χ0n) is 12.0. The summed E-state index contributed by atoms with van der Waals surface area (Å²) in [4.78, 5) is 18.3. The fourth-order valence-corrected chi connectivity index (χ4v) is 2.33. The normalized spacial score (nSPS) is 10.4. The Labute approximate surface area is 129 Å². The molecule has 5 heteroatoms. The Morgan fingerprint density at radius 2 is 2.19 bits per heavy atom. The molecule has 0 aliphatic carbocycles. The van der Waals surface area contributed by atoms with Gasteiger partial charge in [-0.1, -0.05) is 11.6 Å². The van der Waals surface area contributed by atoms with E-state index in [0.717, 1.165) is 11.3 Å². The predicted molar refractivity (Wildman–Crippen MR) is 84.0 cm³/mol. The van der Waals surface area contributed by atoms with E-state index in [-0.39, 0.29) is 5.91 Å². The highest BCUT2D eigenvalue weighted by Gasteiger charge is 2.18. The number of aromatic nitrogens is 1. The van der Waals surface area contributed by atoms with Crippen LogP contribution >= 0.6 is 11.6 Å². The summed E-state index contributed by atoms with van der Waals surface area (Å²) in [6.07, 6.45) is 3.19. The van der Waals surface area contributed by atoms with Crippen LogP contribution in [0.25, 0.3) is 0 Å². The molecule has 0 saturated carbocycles. The number of nitrogens with zero attached hydrogens (tertiary/aromatic N) is 2. The molecular formula is C16H17ClN2O2. The van der Waals surface area contributed by atoms with Crippen molar-refractivity contribution in [3.63, 3.8) is 0 Å². The van der Waals surface area contributed by atoms with E-state index in [2.05, 4.69) is 4.98 Å². The summed E-state index contributed by atoms with van der Waals surface area (Å²) >= 11 is 6.10. The van der Waals surface area contributed by atoms with E-state index >= 15 is 0 Å². The maximum atomic E-state index is 12.7. The number of methoxy groups -OCH3 is 1. The van der Waals surface area contributed by atoms with Gasteiger partial charge in [-0.25, -0.2) is 0 Å². The van der Waals surface area contributed by atoms with Gasteiger partial charge in [0, 0.05) is 36.8 Å². The third-order valence-corrected chi connectivity index (χ3v) is 3.23. The molecule has 1 aromatic heterocycles. The number of aryl methyl sites for hydroxylation is 1. The minimum absolute atomic E-state index is 0.123. The summed E-state index contributed by atoms with van der Waals surface area (Å²) in [5.41, 5.74) is 2.29. The van der Waals surface area contributed by atoms with Gasteiger partial charge < -0.3 is 9.64 Å². The van der Waals surface area contributed by atoms with Crippen molar-refractivity contribution in [3.8, 4) is 0 Å². The Kier molecular flexibility index (Phi) is 5.31. The molecule has 4 nitrogen and oxygen atoms in total. The molecule has 0 fully saturated rings. The monoisotopic (exact) mass is 304 g/mol. The van der Waals surface area contributed by atoms with E-state index in [0.29, 0.717) is 23.7 Å². The number of amides is 1. The zero-order valence-corrected chi connectivity index (χ0v) is 12.8. The SMILES string of the molecule is COCCN(C(=O)c1cccnc1)c1cc(C)cc(Cl)c1. The molecule has 0 bridgehead atoms. The Morgan fingerprint density at radius 3 is 2.81 bits per heavy atom. The Hall–Kier alpha value is -1.91. The highest BCUT2D eigenvalue weighted by atomic mass is 35.5. The standard InChI is InChI=1S/C16H17ClN2O2/c1-12-8-14(17)10-15(9-12)19(6-7-21-2)16(20)13-4-3-5-18-11-13/h3-5,8-11H,6-7H2,1-2H3. The molecule has 0 saturated heterocycles. The first kappa shape index (κ1) is 15.5. The number of carbonyl (C=O) groups is 1. The average Bonchev–Trinajstić information content (AvgIpc) is 2.47. The van der Waals surface area contributed by atoms with Crippen molar-refractivity contribution in [2.45, 2.75) is 6.92 Å². The minimum Gasteiger partial charge on any atom is -0.383 e. The Morgan fingerprint density at radius 1 is 1.38 bits per heavy atom. The van der Waals surface area contributed by atoms with Crippen LogP contribution in [0.3, 0.4) is 0 Å². The maximum Gasteiger partial charge on any atom is 0.259 e. The van der Waals surface area contributed by atoms with Crippen molar-refractivity contribution in [1.82, 2.24) is 4.98 Å². The van der Waals surface area contributed by atoms with Gasteiger partial charge >= 0.3 is 0 Å². The molecule has 1 amide bonds. The van der Waals surface area contributed by atoms with E-state index in [1.54, 1.807) is 42.6 Å². The van der Waals surface area contributed by atoms with Crippen LogP contribution in [-0.4, -0.2) is 31.2 Å². The third-order valence-electron chi connectivity index (χ3n) is 3.01. The second-order valence-corrected chi connectivity index (χ2v) is 5.11. The maximum absolute atomic E-state index is 12.7. The van der Waals surface area contributed by atoms with Crippen LogP contribution in [0.1, 0.15) is 15.9 Å². The number of hydrogen-bond donors (Lipinski definition) is 0. The molecule has 21 heavy (non-hydrogen) atoms. The second-order valence-electron chi connectivity index (χ2n) is 4.68. The fraction of sp³-hybridized carbons (Fsp3) is 0.250. The van der Waals surface area contributed by atoms with Gasteiger partial charge in [-0.05, 0) is 42.8 Å². The number of ether oxygens (including phenoxy) is 1. The third kappa shape index (κ3) is 4.03. The quantitative estimate of drug-likeness (QED) is 0.851. The molecule has 0 N–H and O–H groups in total. The van der Waals surface area contributed by atoms with Gasteiger partial charge in [-0.2, -0.15) is 0 Å². The van der Waals surface area contributed by atoms with Gasteiger partial charge in [0.05, 0.1) is 12.2 Å². The molecule has 1 heterocycles. The number of hydrogen-bond acceptors (Lipinski definition) is 3. The van der Waals surface area contributed by atoms with Gasteiger partial charge in [-0.15, -0.1) is 0 Å². The number of pyridine rings is 1. The lowest BCUT2D eigenvalue weighted by atomic mass is 10.1. The number of rotatable bonds is 5. The van der Waals surface area contributed by atoms with Crippen LogP contribution < -0.4 is 4.90 Å². The van der Waals surface area contributed by atoms with Crippen molar-refractivity contribution in [3.05, 3.63) is 58.9 Å². The first-order chi connectivity index (χ1) is 10.1. The van der Waals surface area contributed by atoms with Crippen molar-refractivity contribution in [2.24, 2.45) is 0 Å². The van der Waals surface area contributed by atoms with Crippen molar-refractivity contribution in [2.75, 3.05) is 25.2 Å². The van der Waals surface area contributed by atoms with Gasteiger partial charge in [0.15, 0.2) is 0 Å². The van der Waals surface area contributed by atoms with Crippen LogP contribution in [0.15, 0.2) is 42.7 Å². The Balaban J connectivity index is 2.36. The van der Waals surface area contributed by atoms with Crippen molar-refractivity contribution < 1.29 is 9.53 Å². The van der Waals surface area contributed by atoms with E-state index < -0.39 is 0 Å². The molecule has 0 spiro atoms. The molecule has 0 aliphatic rings. The van der Waals surface area contributed by atoms with E-state index in [1.807, 2.05) is 19.1 Å². The lowest BCUT2D eigenvalue weighted by Gasteiger charge is -2.23. The second kappa shape index (κ2) is 7.20. The topological polar surface area (TPSA) is 42.4 Å². The summed E-state index contributed by atoms with van der Waals surface area (Å²) in [6, 6.07) is 9.04.